The van der Waals surface area contributed by atoms with Crippen LogP contribution in [0, 0.1) is 11.3 Å². The first-order valence-corrected chi connectivity index (χ1v) is 6.28. The van der Waals surface area contributed by atoms with E-state index in [0.717, 1.165) is 5.69 Å². The third-order valence-corrected chi connectivity index (χ3v) is 2.70. The summed E-state index contributed by atoms with van der Waals surface area (Å²) >= 11 is 0. The lowest BCUT2D eigenvalue weighted by Gasteiger charge is -2.23. The van der Waals surface area contributed by atoms with Crippen molar-refractivity contribution in [2.45, 2.75) is 27.2 Å². The molecule has 1 heterocycles. The molecule has 0 aliphatic rings. The molecule has 106 valence electrons. The lowest BCUT2D eigenvalue weighted by molar-refractivity contribution is -0.142. The van der Waals surface area contributed by atoms with E-state index in [1.807, 2.05) is 20.8 Å². The van der Waals surface area contributed by atoms with Crippen LogP contribution >= 0.6 is 0 Å². The van der Waals surface area contributed by atoms with Gasteiger partial charge in [-0.15, -0.1) is 0 Å². The lowest BCUT2D eigenvalue weighted by atomic mass is 9.84. The van der Waals surface area contributed by atoms with Gasteiger partial charge in [-0.3, -0.25) is 4.79 Å². The van der Waals surface area contributed by atoms with E-state index in [1.165, 1.54) is 0 Å². The largest absolute Gasteiger partial charge is 0.481 e. The zero-order valence-corrected chi connectivity index (χ0v) is 11.9. The zero-order valence-electron chi connectivity index (χ0n) is 11.9. The standard InChI is InChI=1S/C14H22N2O3/c1-14(2,3)8-10(13(17)18)9-16-11-5-6-15-12(7-11)19-4/h5-7,10H,8-9H2,1-4H3,(H,15,16)(H,17,18). The van der Waals surface area contributed by atoms with Crippen molar-refractivity contribution in [3.8, 4) is 5.88 Å². The number of methoxy groups -OCH3 is 1. The molecule has 0 amide bonds. The highest BCUT2D eigenvalue weighted by atomic mass is 16.5. The second kappa shape index (κ2) is 6.41. The number of aliphatic carboxylic acids is 1. The molecule has 0 saturated carbocycles. The highest BCUT2D eigenvalue weighted by Crippen LogP contribution is 2.25. The quantitative estimate of drug-likeness (QED) is 0.828. The molecule has 2 N–H and O–H groups in total. The first-order chi connectivity index (χ1) is 8.81. The molecule has 1 aromatic heterocycles. The molecule has 1 unspecified atom stereocenters. The van der Waals surface area contributed by atoms with Gasteiger partial charge in [0.2, 0.25) is 5.88 Å². The molecule has 19 heavy (non-hydrogen) atoms. The summed E-state index contributed by atoms with van der Waals surface area (Å²) in [5.74, 6) is -0.685. The number of hydrogen-bond acceptors (Lipinski definition) is 4. The molecular weight excluding hydrogens is 244 g/mol. The minimum atomic E-state index is -0.775. The molecule has 1 aromatic rings. The minimum Gasteiger partial charge on any atom is -0.481 e. The Morgan fingerprint density at radius 2 is 2.21 bits per heavy atom. The van der Waals surface area contributed by atoms with Crippen molar-refractivity contribution in [3.05, 3.63) is 18.3 Å². The monoisotopic (exact) mass is 266 g/mol. The molecular formula is C14H22N2O3. The molecule has 5 nitrogen and oxygen atoms in total. The van der Waals surface area contributed by atoms with Gasteiger partial charge < -0.3 is 15.2 Å². The number of pyridine rings is 1. The fourth-order valence-electron chi connectivity index (χ4n) is 1.86. The maximum Gasteiger partial charge on any atom is 0.308 e. The van der Waals surface area contributed by atoms with E-state index >= 15 is 0 Å². The van der Waals surface area contributed by atoms with E-state index in [0.29, 0.717) is 18.8 Å². The molecule has 0 fully saturated rings. The van der Waals surface area contributed by atoms with Crippen molar-refractivity contribution in [3.63, 3.8) is 0 Å². The van der Waals surface area contributed by atoms with Gasteiger partial charge in [-0.1, -0.05) is 20.8 Å². The number of nitrogens with one attached hydrogen (secondary N) is 1. The van der Waals surface area contributed by atoms with Crippen LogP contribution in [0.2, 0.25) is 0 Å². The fraction of sp³-hybridized carbons (Fsp3) is 0.571. The molecule has 1 atom stereocenters. The van der Waals surface area contributed by atoms with Gasteiger partial charge in [0.25, 0.3) is 0 Å². The number of anilines is 1. The summed E-state index contributed by atoms with van der Waals surface area (Å²) in [5.41, 5.74) is 0.799. The lowest BCUT2D eigenvalue weighted by Crippen LogP contribution is -2.27. The minimum absolute atomic E-state index is 0.0132. The van der Waals surface area contributed by atoms with Crippen LogP contribution in [0.3, 0.4) is 0 Å². The third kappa shape index (κ3) is 5.59. The number of carbonyl (C=O) groups is 1. The van der Waals surface area contributed by atoms with Crippen molar-refractivity contribution >= 4 is 11.7 Å². The molecule has 0 aliphatic heterocycles. The second-order valence-corrected chi connectivity index (χ2v) is 5.77. The molecule has 1 rings (SSSR count). The van der Waals surface area contributed by atoms with Crippen molar-refractivity contribution in [1.29, 1.82) is 0 Å². The average molecular weight is 266 g/mol. The van der Waals surface area contributed by atoms with Crippen LogP contribution in [0.15, 0.2) is 18.3 Å². The highest BCUT2D eigenvalue weighted by molar-refractivity contribution is 5.71. The molecule has 0 saturated heterocycles. The Hall–Kier alpha value is -1.78. The van der Waals surface area contributed by atoms with Crippen molar-refractivity contribution in [2.75, 3.05) is 19.0 Å². The molecule has 0 bridgehead atoms. The van der Waals surface area contributed by atoms with E-state index in [4.69, 9.17) is 4.74 Å². The van der Waals surface area contributed by atoms with Gasteiger partial charge in [0, 0.05) is 24.5 Å². The van der Waals surface area contributed by atoms with Crippen LogP contribution in [0.1, 0.15) is 27.2 Å². The third-order valence-electron chi connectivity index (χ3n) is 2.70. The summed E-state index contributed by atoms with van der Waals surface area (Å²) in [7, 11) is 1.55. The number of ether oxygens (including phenoxy) is 1. The summed E-state index contributed by atoms with van der Waals surface area (Å²) in [5, 5.41) is 12.4. The van der Waals surface area contributed by atoms with Crippen LogP contribution in [0.5, 0.6) is 5.88 Å². The van der Waals surface area contributed by atoms with Gasteiger partial charge in [-0.2, -0.15) is 0 Å². The Kier molecular flexibility index (Phi) is 5.15. The Balaban J connectivity index is 2.63. The Labute approximate surface area is 114 Å². The van der Waals surface area contributed by atoms with E-state index < -0.39 is 11.9 Å². The smallest absolute Gasteiger partial charge is 0.308 e. The van der Waals surface area contributed by atoms with Gasteiger partial charge in [0.05, 0.1) is 13.0 Å². The number of carboxylic acid groups (broad SMARTS) is 1. The number of rotatable bonds is 6. The number of aromatic nitrogens is 1. The summed E-state index contributed by atoms with van der Waals surface area (Å²) < 4.78 is 5.02. The average Bonchev–Trinajstić information content (AvgIpc) is 2.33. The maximum absolute atomic E-state index is 11.2. The van der Waals surface area contributed by atoms with Crippen LogP contribution < -0.4 is 10.1 Å². The topological polar surface area (TPSA) is 71.5 Å². The van der Waals surface area contributed by atoms with Crippen LogP contribution in [-0.4, -0.2) is 29.7 Å². The van der Waals surface area contributed by atoms with Crippen LogP contribution in [0.4, 0.5) is 5.69 Å². The first-order valence-electron chi connectivity index (χ1n) is 6.28. The van der Waals surface area contributed by atoms with Gasteiger partial charge in [-0.25, -0.2) is 4.98 Å². The SMILES string of the molecule is COc1cc(NCC(CC(C)(C)C)C(=O)O)ccn1. The number of nitrogens with zero attached hydrogens (tertiary/aromatic N) is 1. The predicted molar refractivity (Wildman–Crippen MR) is 74.5 cm³/mol. The van der Waals surface area contributed by atoms with E-state index in [1.54, 1.807) is 25.4 Å². The normalized spacial score (nSPS) is 12.8. The maximum atomic E-state index is 11.2. The Morgan fingerprint density at radius 3 is 2.74 bits per heavy atom. The Bertz CT molecular complexity index is 427. The molecule has 5 heteroatoms. The molecule has 0 spiro atoms. The van der Waals surface area contributed by atoms with Crippen LogP contribution in [-0.2, 0) is 4.79 Å². The zero-order chi connectivity index (χ0) is 14.5. The number of hydrogen-bond donors (Lipinski definition) is 2. The van der Waals surface area contributed by atoms with Gasteiger partial charge in [0.15, 0.2) is 0 Å². The highest BCUT2D eigenvalue weighted by Gasteiger charge is 2.24. The predicted octanol–water partition coefficient (Wildman–Crippen LogP) is 2.64. The van der Waals surface area contributed by atoms with Crippen LogP contribution in [0.25, 0.3) is 0 Å². The van der Waals surface area contributed by atoms with Gasteiger partial charge >= 0.3 is 5.97 Å². The Morgan fingerprint density at radius 1 is 1.53 bits per heavy atom. The molecule has 0 aromatic carbocycles. The summed E-state index contributed by atoms with van der Waals surface area (Å²) in [6, 6.07) is 3.54. The summed E-state index contributed by atoms with van der Waals surface area (Å²) in [6.45, 7) is 6.51. The summed E-state index contributed by atoms with van der Waals surface area (Å²) in [6.07, 6.45) is 2.25. The van der Waals surface area contributed by atoms with Crippen molar-refractivity contribution in [2.24, 2.45) is 11.3 Å². The molecule has 0 aliphatic carbocycles. The van der Waals surface area contributed by atoms with Gasteiger partial charge in [-0.05, 0) is 17.9 Å². The van der Waals surface area contributed by atoms with Gasteiger partial charge in [0.1, 0.15) is 0 Å². The second-order valence-electron chi connectivity index (χ2n) is 5.77. The summed E-state index contributed by atoms with van der Waals surface area (Å²) in [4.78, 5) is 15.2. The fourth-order valence-corrected chi connectivity index (χ4v) is 1.86. The molecule has 0 radical (unpaired) electrons. The van der Waals surface area contributed by atoms with Crippen molar-refractivity contribution < 1.29 is 14.6 Å². The van der Waals surface area contributed by atoms with E-state index in [9.17, 15) is 9.90 Å². The van der Waals surface area contributed by atoms with E-state index in [-0.39, 0.29) is 5.41 Å². The first kappa shape index (κ1) is 15.3. The number of carboxylic acids is 1. The van der Waals surface area contributed by atoms with Crippen molar-refractivity contribution in [1.82, 2.24) is 4.98 Å². The van der Waals surface area contributed by atoms with E-state index in [2.05, 4.69) is 10.3 Å².